The summed E-state index contributed by atoms with van der Waals surface area (Å²) in [5.41, 5.74) is 0. The van der Waals surface area contributed by atoms with Crippen molar-refractivity contribution in [3.63, 3.8) is 0 Å². The van der Waals surface area contributed by atoms with E-state index in [1.165, 1.54) is 0 Å². The zero-order valence-corrected chi connectivity index (χ0v) is 13.3. The normalized spacial score (nSPS) is 14.7. The van der Waals surface area contributed by atoms with E-state index in [-0.39, 0.29) is 0 Å². The Balaban J connectivity index is 0. The first-order valence-electron chi connectivity index (χ1n) is 7.09. The number of nitrogens with zero attached hydrogens (tertiary/aromatic N) is 1. The topological polar surface area (TPSA) is 122 Å². The second kappa shape index (κ2) is 14.0. The van der Waals surface area contributed by atoms with Crippen LogP contribution < -0.4 is 5.32 Å². The van der Waals surface area contributed by atoms with Crippen LogP contribution in [-0.2, 0) is 4.74 Å². The number of nitrogens with one attached hydrogen (secondary N) is 1. The van der Waals surface area contributed by atoms with Crippen molar-refractivity contribution >= 4 is 6.09 Å². The molecule has 0 aromatic carbocycles. The number of alkyl carbamates (subject to hydrolysis) is 1. The summed E-state index contributed by atoms with van der Waals surface area (Å²) in [6.45, 7) is 3.81. The van der Waals surface area contributed by atoms with Crippen LogP contribution in [0.2, 0.25) is 0 Å². The Morgan fingerprint density at radius 2 is 1.62 bits per heavy atom. The summed E-state index contributed by atoms with van der Waals surface area (Å²) in [4.78, 5) is 13.4. The van der Waals surface area contributed by atoms with Crippen LogP contribution in [-0.4, -0.2) is 90.1 Å². The molecule has 0 aliphatic rings. The standard InChI is InChI=1S/C11H24N2O6.C2H6/c1-13(2)5-3-4-12-11(18)19-10(8(16)6-14)9(17)7-15;1-2/h8-10,14-17H,3-7H2,1-2H3,(H,12,18);1-2H3. The van der Waals surface area contributed by atoms with Gasteiger partial charge in [-0.2, -0.15) is 0 Å². The van der Waals surface area contributed by atoms with Crippen LogP contribution in [0.3, 0.4) is 0 Å². The Kier molecular flexibility index (Phi) is 14.9. The molecule has 0 spiro atoms. The highest BCUT2D eigenvalue weighted by Gasteiger charge is 2.29. The third kappa shape index (κ3) is 11.4. The van der Waals surface area contributed by atoms with E-state index in [1.807, 2.05) is 32.8 Å². The Morgan fingerprint density at radius 1 is 1.14 bits per heavy atom. The monoisotopic (exact) mass is 310 g/mol. The van der Waals surface area contributed by atoms with E-state index in [4.69, 9.17) is 14.9 Å². The molecule has 0 aromatic rings. The van der Waals surface area contributed by atoms with Gasteiger partial charge in [0.05, 0.1) is 13.2 Å². The number of ether oxygens (including phenoxy) is 1. The Hall–Kier alpha value is -0.930. The van der Waals surface area contributed by atoms with Gasteiger partial charge in [-0.15, -0.1) is 0 Å². The first kappa shape index (κ1) is 22.4. The lowest BCUT2D eigenvalue weighted by Crippen LogP contribution is -2.46. The predicted molar refractivity (Wildman–Crippen MR) is 79.0 cm³/mol. The minimum atomic E-state index is -1.45. The van der Waals surface area contributed by atoms with Crippen LogP contribution in [0.5, 0.6) is 0 Å². The summed E-state index contributed by atoms with van der Waals surface area (Å²) in [7, 11) is 3.81. The molecule has 2 unspecified atom stereocenters. The first-order chi connectivity index (χ1) is 9.92. The van der Waals surface area contributed by atoms with E-state index in [2.05, 4.69) is 5.32 Å². The van der Waals surface area contributed by atoms with Crippen LogP contribution >= 0.6 is 0 Å². The van der Waals surface area contributed by atoms with Crippen molar-refractivity contribution in [1.82, 2.24) is 10.2 Å². The fourth-order valence-corrected chi connectivity index (χ4v) is 1.37. The zero-order valence-electron chi connectivity index (χ0n) is 13.3. The molecule has 8 nitrogen and oxygen atoms in total. The SMILES string of the molecule is CC.CN(C)CCCNC(=O)OC(C(O)CO)C(O)CO. The summed E-state index contributed by atoms with van der Waals surface area (Å²) in [6.07, 6.45) is -4.37. The fraction of sp³-hybridized carbons (Fsp3) is 0.923. The zero-order chi connectivity index (χ0) is 16.8. The second-order valence-electron chi connectivity index (χ2n) is 4.45. The van der Waals surface area contributed by atoms with Crippen LogP contribution in [0.1, 0.15) is 20.3 Å². The fourth-order valence-electron chi connectivity index (χ4n) is 1.37. The molecule has 0 aliphatic heterocycles. The molecule has 0 fully saturated rings. The maximum Gasteiger partial charge on any atom is 0.407 e. The van der Waals surface area contributed by atoms with Crippen LogP contribution in [0.15, 0.2) is 0 Å². The third-order valence-electron chi connectivity index (χ3n) is 2.43. The maximum atomic E-state index is 11.4. The smallest absolute Gasteiger partial charge is 0.407 e. The molecule has 0 aromatic heterocycles. The van der Waals surface area contributed by atoms with E-state index in [1.54, 1.807) is 0 Å². The minimum absolute atomic E-state index is 0.383. The lowest BCUT2D eigenvalue weighted by Gasteiger charge is -2.25. The van der Waals surface area contributed by atoms with Crippen LogP contribution in [0.25, 0.3) is 0 Å². The average Bonchev–Trinajstić information content (AvgIpc) is 2.49. The van der Waals surface area contributed by atoms with E-state index in [0.29, 0.717) is 6.54 Å². The number of aliphatic hydroxyl groups excluding tert-OH is 4. The van der Waals surface area contributed by atoms with Crippen molar-refractivity contribution in [2.24, 2.45) is 0 Å². The lowest BCUT2D eigenvalue weighted by atomic mass is 10.1. The van der Waals surface area contributed by atoms with Gasteiger partial charge in [-0.05, 0) is 27.1 Å². The van der Waals surface area contributed by atoms with Crippen molar-refractivity contribution in [3.05, 3.63) is 0 Å². The van der Waals surface area contributed by atoms with Gasteiger partial charge >= 0.3 is 6.09 Å². The van der Waals surface area contributed by atoms with Gasteiger partial charge in [0, 0.05) is 6.54 Å². The number of hydrogen-bond donors (Lipinski definition) is 5. The van der Waals surface area contributed by atoms with Crippen LogP contribution in [0.4, 0.5) is 4.79 Å². The molecule has 0 rings (SSSR count). The number of rotatable bonds is 9. The van der Waals surface area contributed by atoms with E-state index >= 15 is 0 Å². The molecule has 8 heteroatoms. The average molecular weight is 310 g/mol. The van der Waals surface area contributed by atoms with E-state index in [9.17, 15) is 15.0 Å². The van der Waals surface area contributed by atoms with Gasteiger partial charge in [0.1, 0.15) is 12.2 Å². The number of hydrogen-bond acceptors (Lipinski definition) is 7. The van der Waals surface area contributed by atoms with Gasteiger partial charge in [-0.25, -0.2) is 4.79 Å². The number of amides is 1. The van der Waals surface area contributed by atoms with Crippen molar-refractivity contribution in [1.29, 1.82) is 0 Å². The summed E-state index contributed by atoms with van der Waals surface area (Å²) in [5, 5.41) is 38.8. The highest BCUT2D eigenvalue weighted by Crippen LogP contribution is 2.06. The van der Waals surface area contributed by atoms with Gasteiger partial charge in [0.15, 0.2) is 6.10 Å². The second-order valence-corrected chi connectivity index (χ2v) is 4.45. The molecule has 0 bridgehead atoms. The van der Waals surface area contributed by atoms with Crippen LogP contribution in [0, 0.1) is 0 Å². The van der Waals surface area contributed by atoms with Crippen molar-refractivity contribution in [2.45, 2.75) is 38.6 Å². The lowest BCUT2D eigenvalue weighted by molar-refractivity contribution is -0.0941. The quantitative estimate of drug-likeness (QED) is 0.338. The molecule has 0 saturated heterocycles. The van der Waals surface area contributed by atoms with Gasteiger partial charge in [-0.3, -0.25) is 0 Å². The highest BCUT2D eigenvalue weighted by atomic mass is 16.6. The van der Waals surface area contributed by atoms with E-state index < -0.39 is 37.6 Å². The summed E-state index contributed by atoms with van der Waals surface area (Å²) >= 11 is 0. The first-order valence-corrected chi connectivity index (χ1v) is 7.09. The Labute approximate surface area is 126 Å². The maximum absolute atomic E-state index is 11.4. The van der Waals surface area contributed by atoms with Gasteiger partial charge < -0.3 is 35.4 Å². The minimum Gasteiger partial charge on any atom is -0.441 e. The molecule has 0 aliphatic carbocycles. The van der Waals surface area contributed by atoms with E-state index in [0.717, 1.165) is 13.0 Å². The van der Waals surface area contributed by atoms with Crippen molar-refractivity contribution in [2.75, 3.05) is 40.4 Å². The van der Waals surface area contributed by atoms with Gasteiger partial charge in [0.2, 0.25) is 0 Å². The molecular weight excluding hydrogens is 280 g/mol. The molecule has 1 amide bonds. The molecular formula is C13H30N2O6. The summed E-state index contributed by atoms with van der Waals surface area (Å²) in [6, 6.07) is 0. The number of carbonyl (C=O) groups is 1. The van der Waals surface area contributed by atoms with Gasteiger partial charge in [-0.1, -0.05) is 13.8 Å². The van der Waals surface area contributed by atoms with Crippen molar-refractivity contribution in [3.8, 4) is 0 Å². The third-order valence-corrected chi connectivity index (χ3v) is 2.43. The van der Waals surface area contributed by atoms with Gasteiger partial charge in [0.25, 0.3) is 0 Å². The highest BCUT2D eigenvalue weighted by molar-refractivity contribution is 5.67. The molecule has 0 heterocycles. The Bertz CT molecular complexity index is 243. The predicted octanol–water partition coefficient (Wildman–Crippen LogP) is -1.23. The molecule has 2 atom stereocenters. The molecule has 0 radical (unpaired) electrons. The molecule has 21 heavy (non-hydrogen) atoms. The molecule has 128 valence electrons. The number of aliphatic hydroxyl groups is 4. The largest absolute Gasteiger partial charge is 0.441 e. The summed E-state index contributed by atoms with van der Waals surface area (Å²) < 4.78 is 4.78. The molecule has 5 N–H and O–H groups in total. The Morgan fingerprint density at radius 3 is 2.00 bits per heavy atom. The summed E-state index contributed by atoms with van der Waals surface area (Å²) in [5.74, 6) is 0. The van der Waals surface area contributed by atoms with Crippen molar-refractivity contribution < 1.29 is 30.0 Å². The number of carbonyl (C=O) groups excluding carboxylic acids is 1. The molecule has 0 saturated carbocycles.